The van der Waals surface area contributed by atoms with Gasteiger partial charge in [0.1, 0.15) is 19.8 Å². The van der Waals surface area contributed by atoms with Crippen molar-refractivity contribution in [1.82, 2.24) is 14.7 Å². The van der Waals surface area contributed by atoms with E-state index in [1.807, 2.05) is 19.0 Å². The molecule has 1 heterocycles. The van der Waals surface area contributed by atoms with Gasteiger partial charge in [0.15, 0.2) is 0 Å². The van der Waals surface area contributed by atoms with Crippen LogP contribution in [0.4, 0.5) is 5.69 Å². The molecule has 0 aliphatic carbocycles. The molecule has 0 N–H and O–H groups in total. The Morgan fingerprint density at radius 2 is 1.68 bits per heavy atom. The SMILES string of the molecule is CN(C)CCN(CC(=O)N1CC(=O)N(c2ccc(Cl)cc2)C1)C(=O)c1ccc(Br)cc1. The molecule has 0 bridgehead atoms. The number of rotatable bonds is 7. The highest BCUT2D eigenvalue weighted by molar-refractivity contribution is 9.10. The van der Waals surface area contributed by atoms with Crippen LogP contribution < -0.4 is 4.90 Å². The van der Waals surface area contributed by atoms with E-state index in [1.54, 1.807) is 48.5 Å². The van der Waals surface area contributed by atoms with Crippen molar-refractivity contribution in [3.63, 3.8) is 0 Å². The average Bonchev–Trinajstić information content (AvgIpc) is 3.13. The first-order chi connectivity index (χ1) is 14.7. The third kappa shape index (κ3) is 6.06. The maximum Gasteiger partial charge on any atom is 0.254 e. The van der Waals surface area contributed by atoms with Crippen molar-refractivity contribution in [2.24, 2.45) is 0 Å². The van der Waals surface area contributed by atoms with Crippen molar-refractivity contribution in [1.29, 1.82) is 0 Å². The smallest absolute Gasteiger partial charge is 0.254 e. The lowest BCUT2D eigenvalue weighted by Crippen LogP contribution is -2.45. The average molecular weight is 508 g/mol. The van der Waals surface area contributed by atoms with E-state index in [2.05, 4.69) is 15.9 Å². The fourth-order valence-electron chi connectivity index (χ4n) is 3.17. The summed E-state index contributed by atoms with van der Waals surface area (Å²) in [4.78, 5) is 45.0. The van der Waals surface area contributed by atoms with E-state index in [0.29, 0.717) is 29.4 Å². The van der Waals surface area contributed by atoms with Gasteiger partial charge in [0.05, 0.1) is 0 Å². The van der Waals surface area contributed by atoms with E-state index in [9.17, 15) is 14.4 Å². The van der Waals surface area contributed by atoms with Crippen LogP contribution in [0.15, 0.2) is 53.0 Å². The first-order valence-electron chi connectivity index (χ1n) is 9.78. The number of carbonyl (C=O) groups is 3. The van der Waals surface area contributed by atoms with Crippen molar-refractivity contribution in [3.05, 3.63) is 63.6 Å². The molecule has 1 aliphatic heterocycles. The first-order valence-corrected chi connectivity index (χ1v) is 10.9. The fraction of sp³-hybridized carbons (Fsp3) is 0.318. The molecule has 1 saturated heterocycles. The van der Waals surface area contributed by atoms with Crippen LogP contribution in [-0.2, 0) is 9.59 Å². The fourth-order valence-corrected chi connectivity index (χ4v) is 3.56. The van der Waals surface area contributed by atoms with E-state index in [0.717, 1.165) is 4.47 Å². The van der Waals surface area contributed by atoms with Crippen LogP contribution in [0.5, 0.6) is 0 Å². The van der Waals surface area contributed by atoms with Crippen LogP contribution in [0.25, 0.3) is 0 Å². The standard InChI is InChI=1S/C22H24BrClN4O3/c1-25(2)11-12-26(22(31)16-3-5-17(23)6-4-16)13-20(29)27-14-21(30)28(15-27)19-9-7-18(24)8-10-19/h3-10H,11-15H2,1-2H3. The quantitative estimate of drug-likeness (QED) is 0.578. The zero-order chi connectivity index (χ0) is 22.5. The largest absolute Gasteiger partial charge is 0.328 e. The Kier molecular flexibility index (Phi) is 7.69. The maximum atomic E-state index is 13.0. The van der Waals surface area contributed by atoms with Crippen molar-refractivity contribution in [2.45, 2.75) is 0 Å². The molecule has 2 aromatic rings. The van der Waals surface area contributed by atoms with Crippen molar-refractivity contribution < 1.29 is 14.4 Å². The minimum Gasteiger partial charge on any atom is -0.328 e. The first kappa shape index (κ1) is 23.2. The summed E-state index contributed by atoms with van der Waals surface area (Å²) >= 11 is 9.28. The molecule has 0 atom stereocenters. The second-order valence-electron chi connectivity index (χ2n) is 7.57. The molecule has 7 nitrogen and oxygen atoms in total. The highest BCUT2D eigenvalue weighted by atomic mass is 79.9. The van der Waals surface area contributed by atoms with Crippen LogP contribution in [0.3, 0.4) is 0 Å². The summed E-state index contributed by atoms with van der Waals surface area (Å²) in [6.45, 7) is 1.05. The van der Waals surface area contributed by atoms with E-state index < -0.39 is 0 Å². The van der Waals surface area contributed by atoms with E-state index in [4.69, 9.17) is 11.6 Å². The Hall–Kier alpha value is -2.42. The zero-order valence-corrected chi connectivity index (χ0v) is 19.8. The Labute approximate surface area is 195 Å². The summed E-state index contributed by atoms with van der Waals surface area (Å²) in [5.74, 6) is -0.661. The number of amides is 3. The summed E-state index contributed by atoms with van der Waals surface area (Å²) in [6.07, 6.45) is 0. The molecular weight excluding hydrogens is 484 g/mol. The van der Waals surface area contributed by atoms with Gasteiger partial charge in [0, 0.05) is 33.8 Å². The number of halogens is 2. The predicted octanol–water partition coefficient (Wildman–Crippen LogP) is 2.94. The van der Waals surface area contributed by atoms with Gasteiger partial charge in [-0.1, -0.05) is 27.5 Å². The van der Waals surface area contributed by atoms with Gasteiger partial charge >= 0.3 is 0 Å². The minimum absolute atomic E-state index is 0.0184. The van der Waals surface area contributed by atoms with E-state index >= 15 is 0 Å². The molecule has 1 aliphatic rings. The normalized spacial score (nSPS) is 13.8. The molecule has 0 saturated carbocycles. The molecular formula is C22H24BrClN4O3. The van der Waals surface area contributed by atoms with Crippen LogP contribution in [-0.4, -0.2) is 79.4 Å². The minimum atomic E-state index is -0.269. The predicted molar refractivity (Wildman–Crippen MR) is 124 cm³/mol. The van der Waals surface area contributed by atoms with Gasteiger partial charge in [0.2, 0.25) is 11.8 Å². The molecule has 0 aromatic heterocycles. The van der Waals surface area contributed by atoms with Crippen LogP contribution in [0.1, 0.15) is 10.4 Å². The Bertz CT molecular complexity index is 950. The summed E-state index contributed by atoms with van der Waals surface area (Å²) in [6, 6.07) is 13.9. The van der Waals surface area contributed by atoms with Gasteiger partial charge in [-0.25, -0.2) is 0 Å². The zero-order valence-electron chi connectivity index (χ0n) is 17.4. The number of benzene rings is 2. The van der Waals surface area contributed by atoms with E-state index in [-0.39, 0.29) is 37.5 Å². The molecule has 31 heavy (non-hydrogen) atoms. The Balaban J connectivity index is 1.70. The van der Waals surface area contributed by atoms with Crippen LogP contribution in [0.2, 0.25) is 5.02 Å². The molecule has 0 spiro atoms. The van der Waals surface area contributed by atoms with Gasteiger partial charge in [-0.3, -0.25) is 19.3 Å². The van der Waals surface area contributed by atoms with Crippen molar-refractivity contribution in [2.75, 3.05) is 51.8 Å². The monoisotopic (exact) mass is 506 g/mol. The van der Waals surface area contributed by atoms with Gasteiger partial charge in [0.25, 0.3) is 5.91 Å². The van der Waals surface area contributed by atoms with Crippen LogP contribution >= 0.6 is 27.5 Å². The van der Waals surface area contributed by atoms with Gasteiger partial charge < -0.3 is 14.7 Å². The molecule has 2 aromatic carbocycles. The molecule has 0 unspecified atom stereocenters. The summed E-state index contributed by atoms with van der Waals surface area (Å²) in [5, 5.41) is 0.575. The van der Waals surface area contributed by atoms with Gasteiger partial charge in [-0.2, -0.15) is 0 Å². The van der Waals surface area contributed by atoms with Gasteiger partial charge in [-0.05, 0) is 62.6 Å². The summed E-state index contributed by atoms with van der Waals surface area (Å²) < 4.78 is 0.873. The number of hydrogen-bond donors (Lipinski definition) is 0. The number of carbonyl (C=O) groups excluding carboxylic acids is 3. The van der Waals surface area contributed by atoms with Crippen molar-refractivity contribution >= 4 is 50.9 Å². The van der Waals surface area contributed by atoms with Crippen LogP contribution in [0, 0.1) is 0 Å². The Morgan fingerprint density at radius 3 is 2.29 bits per heavy atom. The highest BCUT2D eigenvalue weighted by Crippen LogP contribution is 2.22. The second-order valence-corrected chi connectivity index (χ2v) is 8.92. The third-order valence-electron chi connectivity index (χ3n) is 4.95. The third-order valence-corrected chi connectivity index (χ3v) is 5.73. The molecule has 3 rings (SSSR count). The number of anilines is 1. The maximum absolute atomic E-state index is 13.0. The number of nitrogens with zero attached hydrogens (tertiary/aromatic N) is 4. The lowest BCUT2D eigenvalue weighted by molar-refractivity contribution is -0.132. The lowest BCUT2D eigenvalue weighted by atomic mass is 10.2. The Morgan fingerprint density at radius 1 is 1.03 bits per heavy atom. The van der Waals surface area contributed by atoms with Gasteiger partial charge in [-0.15, -0.1) is 0 Å². The highest BCUT2D eigenvalue weighted by Gasteiger charge is 2.33. The van der Waals surface area contributed by atoms with Crippen molar-refractivity contribution in [3.8, 4) is 0 Å². The summed E-state index contributed by atoms with van der Waals surface area (Å²) in [5.41, 5.74) is 1.19. The molecule has 0 radical (unpaired) electrons. The van der Waals surface area contributed by atoms with E-state index in [1.165, 1.54) is 14.7 Å². The molecule has 9 heteroatoms. The topological polar surface area (TPSA) is 64.2 Å². The summed E-state index contributed by atoms with van der Waals surface area (Å²) in [7, 11) is 3.82. The molecule has 164 valence electrons. The lowest BCUT2D eigenvalue weighted by Gasteiger charge is -2.26. The second kappa shape index (κ2) is 10.3. The molecule has 3 amide bonds. The number of hydrogen-bond acceptors (Lipinski definition) is 4. The number of likely N-dealkylation sites (N-methyl/N-ethyl adjacent to an activating group) is 1. The molecule has 1 fully saturated rings.